The molecule has 0 aliphatic carbocycles. The lowest BCUT2D eigenvalue weighted by Gasteiger charge is -2.13. The lowest BCUT2D eigenvalue weighted by Crippen LogP contribution is -2.22. The molecule has 25 heavy (non-hydrogen) atoms. The molecule has 0 radical (unpaired) electrons. The summed E-state index contributed by atoms with van der Waals surface area (Å²) in [7, 11) is 3.14. The van der Waals surface area contributed by atoms with E-state index in [1.54, 1.807) is 18.3 Å². The molecule has 0 heterocycles. The zero-order valence-corrected chi connectivity index (χ0v) is 15.6. The summed E-state index contributed by atoms with van der Waals surface area (Å²) in [5.41, 5.74) is 1.80. The SMILES string of the molecule is CN(C)/C=C(/C(=O)c1ccc(S(=O)(=O)N(C)C)cc1)c1ccccc1. The van der Waals surface area contributed by atoms with Crippen LogP contribution in [0.15, 0.2) is 65.7 Å². The van der Waals surface area contributed by atoms with Gasteiger partial charge in [0.05, 0.1) is 4.90 Å². The van der Waals surface area contributed by atoms with Crippen LogP contribution in [0.2, 0.25) is 0 Å². The second kappa shape index (κ2) is 7.63. The number of rotatable bonds is 6. The highest BCUT2D eigenvalue weighted by Gasteiger charge is 2.19. The first-order chi connectivity index (χ1) is 11.7. The lowest BCUT2D eigenvalue weighted by atomic mass is 9.97. The third kappa shape index (κ3) is 4.35. The Morgan fingerprint density at radius 3 is 1.88 bits per heavy atom. The van der Waals surface area contributed by atoms with Gasteiger partial charge in [-0.2, -0.15) is 0 Å². The molecule has 0 fully saturated rings. The minimum Gasteiger partial charge on any atom is -0.383 e. The summed E-state index contributed by atoms with van der Waals surface area (Å²) in [5.74, 6) is -0.159. The summed E-state index contributed by atoms with van der Waals surface area (Å²) in [6, 6.07) is 15.4. The zero-order chi connectivity index (χ0) is 18.6. The molecule has 132 valence electrons. The Hall–Kier alpha value is -2.44. The van der Waals surface area contributed by atoms with Gasteiger partial charge in [0.1, 0.15) is 0 Å². The lowest BCUT2D eigenvalue weighted by molar-refractivity contribution is 0.105. The third-order valence-corrected chi connectivity index (χ3v) is 5.44. The average molecular weight is 358 g/mol. The first-order valence-electron chi connectivity index (χ1n) is 7.74. The highest BCUT2D eigenvalue weighted by Crippen LogP contribution is 2.22. The van der Waals surface area contributed by atoms with Crippen LogP contribution in [0.1, 0.15) is 15.9 Å². The van der Waals surface area contributed by atoms with Crippen molar-refractivity contribution in [1.29, 1.82) is 0 Å². The Bertz CT molecular complexity index is 869. The predicted octanol–water partition coefficient (Wildman–Crippen LogP) is 2.72. The normalized spacial score (nSPS) is 12.3. The molecule has 0 aliphatic heterocycles. The molecule has 0 bridgehead atoms. The van der Waals surface area contributed by atoms with E-state index in [1.165, 1.54) is 26.2 Å². The number of Topliss-reactive ketones (excluding diaryl/α,β-unsaturated/α-hetero) is 1. The number of hydrogen-bond acceptors (Lipinski definition) is 4. The maximum atomic E-state index is 12.9. The second-order valence-electron chi connectivity index (χ2n) is 6.01. The molecule has 6 heteroatoms. The van der Waals surface area contributed by atoms with Crippen LogP contribution in [-0.4, -0.2) is 51.6 Å². The summed E-state index contributed by atoms with van der Waals surface area (Å²) in [6.45, 7) is 0. The van der Waals surface area contributed by atoms with Gasteiger partial charge in [-0.1, -0.05) is 30.3 Å². The van der Waals surface area contributed by atoms with Crippen molar-refractivity contribution in [2.24, 2.45) is 0 Å². The number of carbonyl (C=O) groups is 1. The predicted molar refractivity (Wildman–Crippen MR) is 99.8 cm³/mol. The molecular formula is C19H22N2O3S. The van der Waals surface area contributed by atoms with Crippen molar-refractivity contribution >= 4 is 21.4 Å². The average Bonchev–Trinajstić information content (AvgIpc) is 2.59. The molecule has 2 aromatic carbocycles. The summed E-state index contributed by atoms with van der Waals surface area (Å²) < 4.78 is 25.4. The Morgan fingerprint density at radius 1 is 0.840 bits per heavy atom. The molecule has 0 aromatic heterocycles. The van der Waals surface area contributed by atoms with Gasteiger partial charge in [-0.25, -0.2) is 12.7 Å². The molecule has 0 saturated heterocycles. The number of allylic oxidation sites excluding steroid dienone is 1. The molecule has 0 aliphatic rings. The van der Waals surface area contributed by atoms with Gasteiger partial charge in [-0.05, 0) is 29.8 Å². The van der Waals surface area contributed by atoms with Crippen molar-refractivity contribution in [3.8, 4) is 0 Å². The summed E-state index contributed by atoms with van der Waals surface area (Å²) in [5, 5.41) is 0. The van der Waals surface area contributed by atoms with Crippen LogP contribution in [0.4, 0.5) is 0 Å². The van der Waals surface area contributed by atoms with Gasteiger partial charge in [-0.3, -0.25) is 4.79 Å². The van der Waals surface area contributed by atoms with Crippen molar-refractivity contribution in [3.05, 3.63) is 71.9 Å². The van der Waals surface area contributed by atoms with Gasteiger partial charge in [0.25, 0.3) is 0 Å². The summed E-state index contributed by atoms with van der Waals surface area (Å²) in [6.07, 6.45) is 1.77. The minimum absolute atomic E-state index is 0.159. The number of sulfonamides is 1. The monoisotopic (exact) mass is 358 g/mol. The van der Waals surface area contributed by atoms with Gasteiger partial charge >= 0.3 is 0 Å². The molecule has 0 spiro atoms. The van der Waals surface area contributed by atoms with Crippen molar-refractivity contribution in [2.75, 3.05) is 28.2 Å². The van der Waals surface area contributed by atoms with Crippen LogP contribution in [0, 0.1) is 0 Å². The highest BCUT2D eigenvalue weighted by atomic mass is 32.2. The Morgan fingerprint density at radius 2 is 1.40 bits per heavy atom. The van der Waals surface area contributed by atoms with E-state index in [-0.39, 0.29) is 10.7 Å². The number of hydrogen-bond donors (Lipinski definition) is 0. The van der Waals surface area contributed by atoms with Crippen molar-refractivity contribution in [2.45, 2.75) is 4.90 Å². The molecule has 0 unspecified atom stereocenters. The van der Waals surface area contributed by atoms with Crippen molar-refractivity contribution in [3.63, 3.8) is 0 Å². The van der Waals surface area contributed by atoms with Gasteiger partial charge in [0.2, 0.25) is 10.0 Å². The molecular weight excluding hydrogens is 336 g/mol. The number of ketones is 1. The fourth-order valence-corrected chi connectivity index (χ4v) is 3.19. The zero-order valence-electron chi connectivity index (χ0n) is 14.8. The molecule has 0 saturated carbocycles. The van der Waals surface area contributed by atoms with Crippen LogP contribution in [0.5, 0.6) is 0 Å². The number of carbonyl (C=O) groups excluding carboxylic acids is 1. The van der Waals surface area contributed by atoms with E-state index in [0.717, 1.165) is 9.87 Å². The quantitative estimate of drug-likeness (QED) is 0.588. The van der Waals surface area contributed by atoms with Crippen LogP contribution in [0.3, 0.4) is 0 Å². The van der Waals surface area contributed by atoms with E-state index >= 15 is 0 Å². The largest absolute Gasteiger partial charge is 0.383 e. The van der Waals surface area contributed by atoms with Crippen molar-refractivity contribution in [1.82, 2.24) is 9.21 Å². The molecule has 0 N–H and O–H groups in total. The Kier molecular flexibility index (Phi) is 5.77. The van der Waals surface area contributed by atoms with Crippen molar-refractivity contribution < 1.29 is 13.2 Å². The van der Waals surface area contributed by atoms with E-state index in [2.05, 4.69) is 0 Å². The third-order valence-electron chi connectivity index (χ3n) is 3.61. The van der Waals surface area contributed by atoms with Gasteiger partial charge in [0.15, 0.2) is 5.78 Å². The fraction of sp³-hybridized carbons (Fsp3) is 0.211. The Labute approximate surface area is 149 Å². The van der Waals surface area contributed by atoms with Gasteiger partial charge in [0, 0.05) is 45.5 Å². The van der Waals surface area contributed by atoms with E-state index in [4.69, 9.17) is 0 Å². The van der Waals surface area contributed by atoms with Crippen LogP contribution in [0.25, 0.3) is 5.57 Å². The van der Waals surface area contributed by atoms with Crippen LogP contribution in [-0.2, 0) is 10.0 Å². The summed E-state index contributed by atoms with van der Waals surface area (Å²) >= 11 is 0. The minimum atomic E-state index is -3.51. The highest BCUT2D eigenvalue weighted by molar-refractivity contribution is 7.89. The van der Waals surface area contributed by atoms with E-state index in [0.29, 0.717) is 11.1 Å². The standard InChI is InChI=1S/C19H22N2O3S/c1-20(2)14-18(15-8-6-5-7-9-15)19(22)16-10-12-17(13-11-16)25(23,24)21(3)4/h5-14H,1-4H3/b18-14+. The first-order valence-corrected chi connectivity index (χ1v) is 9.18. The maximum absolute atomic E-state index is 12.9. The molecule has 0 atom stereocenters. The number of nitrogens with zero attached hydrogens (tertiary/aromatic N) is 2. The smallest absolute Gasteiger partial charge is 0.242 e. The second-order valence-corrected chi connectivity index (χ2v) is 8.17. The topological polar surface area (TPSA) is 57.7 Å². The van der Waals surface area contributed by atoms with E-state index in [1.807, 2.05) is 49.3 Å². The number of benzene rings is 2. The Balaban J connectivity index is 2.41. The first kappa shape index (κ1) is 18.9. The molecule has 2 aromatic rings. The molecule has 2 rings (SSSR count). The fourth-order valence-electron chi connectivity index (χ4n) is 2.28. The molecule has 0 amide bonds. The van der Waals surface area contributed by atoms with E-state index in [9.17, 15) is 13.2 Å². The van der Waals surface area contributed by atoms with Crippen LogP contribution >= 0.6 is 0 Å². The summed E-state index contributed by atoms with van der Waals surface area (Å²) in [4.78, 5) is 14.9. The van der Waals surface area contributed by atoms with Crippen LogP contribution < -0.4 is 0 Å². The maximum Gasteiger partial charge on any atom is 0.242 e. The van der Waals surface area contributed by atoms with E-state index < -0.39 is 10.0 Å². The van der Waals surface area contributed by atoms with Gasteiger partial charge in [-0.15, -0.1) is 0 Å². The molecule has 5 nitrogen and oxygen atoms in total. The van der Waals surface area contributed by atoms with Gasteiger partial charge < -0.3 is 4.90 Å².